The van der Waals surface area contributed by atoms with E-state index in [1.807, 2.05) is 0 Å². The fourth-order valence-corrected chi connectivity index (χ4v) is 4.41. The topological polar surface area (TPSA) is 98.8 Å². The van der Waals surface area contributed by atoms with Crippen LogP contribution in [0.25, 0.3) is 0 Å². The van der Waals surface area contributed by atoms with Crippen LogP contribution in [0, 0.1) is 5.92 Å². The van der Waals surface area contributed by atoms with Gasteiger partial charge >= 0.3 is 5.97 Å². The van der Waals surface area contributed by atoms with Crippen LogP contribution in [0.3, 0.4) is 0 Å². The summed E-state index contributed by atoms with van der Waals surface area (Å²) < 4.78 is 33.0. The Kier molecular flexibility index (Phi) is 5.82. The predicted octanol–water partition coefficient (Wildman–Crippen LogP) is 1.39. The van der Waals surface area contributed by atoms with Gasteiger partial charge in [0.2, 0.25) is 0 Å². The fraction of sp³-hybridized carbons (Fsp3) is 0.500. The molecule has 24 heavy (non-hydrogen) atoms. The van der Waals surface area contributed by atoms with Crippen LogP contribution < -0.4 is 10.1 Å². The molecule has 1 saturated heterocycles. The molecule has 2 rings (SSSR count). The Morgan fingerprint density at radius 2 is 2.04 bits per heavy atom. The summed E-state index contributed by atoms with van der Waals surface area (Å²) in [6, 6.07) is 6.89. The van der Waals surface area contributed by atoms with E-state index in [0.717, 1.165) is 0 Å². The van der Waals surface area contributed by atoms with Gasteiger partial charge in [0, 0.05) is 6.42 Å². The molecule has 0 bridgehead atoms. The van der Waals surface area contributed by atoms with Crippen LogP contribution in [0.2, 0.25) is 0 Å². The average molecular weight is 355 g/mol. The number of para-hydroxylation sites is 2. The van der Waals surface area contributed by atoms with Gasteiger partial charge in [-0.1, -0.05) is 12.1 Å². The highest BCUT2D eigenvalue weighted by Gasteiger charge is 2.30. The van der Waals surface area contributed by atoms with Gasteiger partial charge in [0.15, 0.2) is 15.9 Å². The first-order chi connectivity index (χ1) is 11.3. The summed E-state index contributed by atoms with van der Waals surface area (Å²) in [4.78, 5) is 24.0. The van der Waals surface area contributed by atoms with Crippen molar-refractivity contribution in [3.63, 3.8) is 0 Å². The zero-order valence-electron chi connectivity index (χ0n) is 13.7. The summed E-state index contributed by atoms with van der Waals surface area (Å²) in [5.41, 5.74) is 0.481. The van der Waals surface area contributed by atoms with Crippen LogP contribution in [0.1, 0.15) is 19.8 Å². The Labute approximate surface area is 141 Å². The van der Waals surface area contributed by atoms with Crippen molar-refractivity contribution in [3.05, 3.63) is 24.3 Å². The summed E-state index contributed by atoms with van der Waals surface area (Å²) >= 11 is 0. The molecular weight excluding hydrogens is 334 g/mol. The van der Waals surface area contributed by atoms with Crippen molar-refractivity contribution in [2.45, 2.75) is 25.9 Å². The van der Waals surface area contributed by atoms with E-state index in [4.69, 9.17) is 9.47 Å². The lowest BCUT2D eigenvalue weighted by atomic mass is 10.1. The zero-order valence-corrected chi connectivity index (χ0v) is 14.5. The minimum atomic E-state index is -3.04. The number of amides is 1. The number of hydrogen-bond donors (Lipinski definition) is 1. The van der Waals surface area contributed by atoms with Crippen molar-refractivity contribution in [2.24, 2.45) is 5.92 Å². The molecule has 1 aliphatic heterocycles. The molecule has 0 unspecified atom stereocenters. The van der Waals surface area contributed by atoms with Crippen LogP contribution in [0.5, 0.6) is 5.75 Å². The second-order valence-corrected chi connectivity index (χ2v) is 8.02. The molecule has 0 spiro atoms. The number of rotatable bonds is 6. The fourth-order valence-electron chi connectivity index (χ4n) is 2.55. The van der Waals surface area contributed by atoms with Crippen molar-refractivity contribution in [2.75, 3.05) is 23.9 Å². The molecule has 0 aromatic heterocycles. The van der Waals surface area contributed by atoms with Gasteiger partial charge in [-0.05, 0) is 31.4 Å². The molecule has 1 aromatic rings. The summed E-state index contributed by atoms with van der Waals surface area (Å²) in [5, 5.41) is 2.64. The van der Waals surface area contributed by atoms with Crippen molar-refractivity contribution in [1.82, 2.24) is 0 Å². The minimum absolute atomic E-state index is 0.00386. The standard InChI is InChI=1S/C16H21NO6S/c1-11(16(19)17-13-5-3-4-6-14(13)22-2)23-15(18)9-12-7-8-24(20,21)10-12/h3-6,11-12H,7-10H2,1-2H3,(H,17,19)/t11-,12-/m0/s1. The Balaban J connectivity index is 1.86. The lowest BCUT2D eigenvalue weighted by Gasteiger charge is -2.16. The van der Waals surface area contributed by atoms with E-state index in [-0.39, 0.29) is 23.8 Å². The third-order valence-electron chi connectivity index (χ3n) is 3.82. The molecule has 0 radical (unpaired) electrons. The highest BCUT2D eigenvalue weighted by Crippen LogP contribution is 2.24. The Morgan fingerprint density at radius 1 is 1.33 bits per heavy atom. The van der Waals surface area contributed by atoms with Crippen molar-refractivity contribution < 1.29 is 27.5 Å². The lowest BCUT2D eigenvalue weighted by molar-refractivity contribution is -0.153. The molecular formula is C16H21NO6S. The maximum absolute atomic E-state index is 12.1. The third kappa shape index (κ3) is 4.95. The second kappa shape index (κ2) is 7.65. The van der Waals surface area contributed by atoms with Crippen LogP contribution in [-0.4, -0.2) is 45.0 Å². The van der Waals surface area contributed by atoms with Crippen LogP contribution in [0.15, 0.2) is 24.3 Å². The first kappa shape index (κ1) is 18.3. The third-order valence-corrected chi connectivity index (χ3v) is 5.66. The molecule has 7 nitrogen and oxygen atoms in total. The van der Waals surface area contributed by atoms with Gasteiger partial charge < -0.3 is 14.8 Å². The number of ether oxygens (including phenoxy) is 2. The normalized spacial score (nSPS) is 20.2. The van der Waals surface area contributed by atoms with Gasteiger partial charge in [0.25, 0.3) is 5.91 Å². The maximum Gasteiger partial charge on any atom is 0.306 e. The second-order valence-electron chi connectivity index (χ2n) is 5.79. The number of methoxy groups -OCH3 is 1. The molecule has 0 aliphatic carbocycles. The quantitative estimate of drug-likeness (QED) is 0.774. The number of benzene rings is 1. The maximum atomic E-state index is 12.1. The smallest absolute Gasteiger partial charge is 0.306 e. The molecule has 132 valence electrons. The summed E-state index contributed by atoms with van der Waals surface area (Å²) in [6.45, 7) is 1.47. The molecule has 1 aliphatic rings. The van der Waals surface area contributed by atoms with Crippen molar-refractivity contribution in [3.8, 4) is 5.75 Å². The van der Waals surface area contributed by atoms with E-state index in [2.05, 4.69) is 5.32 Å². The van der Waals surface area contributed by atoms with Gasteiger partial charge in [-0.15, -0.1) is 0 Å². The van der Waals surface area contributed by atoms with Crippen LogP contribution in [-0.2, 0) is 24.2 Å². The monoisotopic (exact) mass is 355 g/mol. The Bertz CT molecular complexity index is 715. The molecule has 0 saturated carbocycles. The van der Waals surface area contributed by atoms with Crippen LogP contribution >= 0.6 is 0 Å². The summed E-state index contributed by atoms with van der Waals surface area (Å²) in [7, 11) is -1.55. The van der Waals surface area contributed by atoms with E-state index in [1.165, 1.54) is 14.0 Å². The van der Waals surface area contributed by atoms with Gasteiger partial charge in [0.1, 0.15) is 5.75 Å². The van der Waals surface area contributed by atoms with Gasteiger partial charge in [-0.3, -0.25) is 9.59 Å². The highest BCUT2D eigenvalue weighted by atomic mass is 32.2. The number of esters is 1. The number of carbonyl (C=O) groups excluding carboxylic acids is 2. The zero-order chi connectivity index (χ0) is 17.7. The van der Waals surface area contributed by atoms with Gasteiger partial charge in [-0.25, -0.2) is 8.42 Å². The number of carbonyl (C=O) groups is 2. The lowest BCUT2D eigenvalue weighted by Crippen LogP contribution is -2.30. The number of hydrogen-bond acceptors (Lipinski definition) is 6. The van der Waals surface area contributed by atoms with E-state index in [0.29, 0.717) is 17.9 Å². The van der Waals surface area contributed by atoms with Crippen molar-refractivity contribution in [1.29, 1.82) is 0 Å². The molecule has 8 heteroatoms. The van der Waals surface area contributed by atoms with Crippen molar-refractivity contribution >= 4 is 27.4 Å². The van der Waals surface area contributed by atoms with Crippen LogP contribution in [0.4, 0.5) is 5.69 Å². The van der Waals surface area contributed by atoms with E-state index in [1.54, 1.807) is 24.3 Å². The molecule has 1 heterocycles. The number of anilines is 1. The van der Waals surface area contributed by atoms with E-state index >= 15 is 0 Å². The van der Waals surface area contributed by atoms with Gasteiger partial charge in [-0.2, -0.15) is 0 Å². The minimum Gasteiger partial charge on any atom is -0.495 e. The van der Waals surface area contributed by atoms with E-state index in [9.17, 15) is 18.0 Å². The SMILES string of the molecule is COc1ccccc1NC(=O)[C@H](C)OC(=O)C[C@@H]1CCS(=O)(=O)C1. The number of nitrogens with one attached hydrogen (secondary N) is 1. The summed E-state index contributed by atoms with van der Waals surface area (Å²) in [6.07, 6.45) is -0.523. The molecule has 1 fully saturated rings. The predicted molar refractivity (Wildman–Crippen MR) is 88.6 cm³/mol. The Hall–Kier alpha value is -2.09. The Morgan fingerprint density at radius 3 is 2.67 bits per heavy atom. The number of sulfone groups is 1. The molecule has 1 N–H and O–H groups in total. The molecule has 1 aromatic carbocycles. The largest absolute Gasteiger partial charge is 0.495 e. The molecule has 2 atom stereocenters. The van der Waals surface area contributed by atoms with E-state index < -0.39 is 27.8 Å². The summed E-state index contributed by atoms with van der Waals surface area (Å²) in [5.74, 6) is -0.669. The molecule has 1 amide bonds. The van der Waals surface area contributed by atoms with Gasteiger partial charge in [0.05, 0.1) is 24.3 Å². The first-order valence-corrected chi connectivity index (χ1v) is 9.46. The highest BCUT2D eigenvalue weighted by molar-refractivity contribution is 7.91. The average Bonchev–Trinajstić information content (AvgIpc) is 2.86. The first-order valence-electron chi connectivity index (χ1n) is 7.64.